The Hall–Kier alpha value is -3.68. The first-order chi connectivity index (χ1) is 19.0. The molecule has 40 heavy (non-hydrogen) atoms. The Balaban J connectivity index is 1.32. The molecule has 1 saturated carbocycles. The zero-order valence-electron chi connectivity index (χ0n) is 22.5. The number of likely N-dealkylation sites (N-methyl/N-ethyl adjacent to an activating group) is 1. The molecule has 4 rings (SSSR count). The third-order valence-electron chi connectivity index (χ3n) is 7.73. The van der Waals surface area contributed by atoms with Crippen molar-refractivity contribution in [3.8, 4) is 5.75 Å². The molecule has 11 nitrogen and oxygen atoms in total. The van der Waals surface area contributed by atoms with Crippen LogP contribution in [-0.4, -0.2) is 75.7 Å². The first-order valence-corrected chi connectivity index (χ1v) is 13.3. The van der Waals surface area contributed by atoms with Gasteiger partial charge in [-0.25, -0.2) is 4.98 Å². The highest BCUT2D eigenvalue weighted by Crippen LogP contribution is 2.32. The van der Waals surface area contributed by atoms with Crippen molar-refractivity contribution in [2.75, 3.05) is 37.3 Å². The summed E-state index contributed by atoms with van der Waals surface area (Å²) in [6, 6.07) is 6.40. The third kappa shape index (κ3) is 7.71. The number of carbonyl (C=O) groups excluding carboxylic acids is 1. The highest BCUT2D eigenvalue weighted by atomic mass is 19.4. The number of rotatable bonds is 10. The van der Waals surface area contributed by atoms with Crippen molar-refractivity contribution >= 4 is 23.4 Å². The van der Waals surface area contributed by atoms with E-state index in [0.29, 0.717) is 18.5 Å². The Morgan fingerprint density at radius 1 is 1.20 bits per heavy atom. The van der Waals surface area contributed by atoms with Crippen molar-refractivity contribution in [3.05, 3.63) is 46.1 Å². The maximum Gasteiger partial charge on any atom is 0.573 e. The molecule has 1 aliphatic heterocycles. The van der Waals surface area contributed by atoms with Crippen LogP contribution in [-0.2, 0) is 11.3 Å². The Labute approximate surface area is 230 Å². The minimum absolute atomic E-state index is 0.0396. The van der Waals surface area contributed by atoms with Gasteiger partial charge in [-0.1, -0.05) is 18.2 Å². The molecule has 14 heteroatoms. The topological polar surface area (TPSA) is 126 Å². The number of ether oxygens (including phenoxy) is 1. The van der Waals surface area contributed by atoms with E-state index in [4.69, 9.17) is 0 Å². The van der Waals surface area contributed by atoms with E-state index >= 15 is 0 Å². The number of carbonyl (C=O) groups is 1. The smallest absolute Gasteiger partial charge is 0.405 e. The standard InChI is InChI=1S/C26H34F3N7O4/c1-17(37)34(2)21-11-12-35(16-21)20-9-7-18(8-10-20)13-30-24-22(36(38)39)15-32-25(33-24)31-14-19-5-3-4-6-23(19)40-26(27,28)29/h3-6,15,18,20-21H,7-14,16H2,1-2H3,(H2,30,31,32,33)/t18-,20-,21?. The van der Waals surface area contributed by atoms with Crippen molar-refractivity contribution < 1.29 is 27.6 Å². The molecule has 1 aromatic heterocycles. The summed E-state index contributed by atoms with van der Waals surface area (Å²) in [4.78, 5) is 35.2. The van der Waals surface area contributed by atoms with Crippen molar-refractivity contribution in [2.45, 2.75) is 64.0 Å². The molecule has 1 aromatic carbocycles. The summed E-state index contributed by atoms with van der Waals surface area (Å²) >= 11 is 0. The predicted molar refractivity (Wildman–Crippen MR) is 142 cm³/mol. The molecule has 2 N–H and O–H groups in total. The van der Waals surface area contributed by atoms with Gasteiger partial charge < -0.3 is 20.3 Å². The monoisotopic (exact) mass is 565 g/mol. The molecule has 2 fully saturated rings. The number of halogens is 3. The van der Waals surface area contributed by atoms with Crippen LogP contribution in [0.1, 0.15) is 44.6 Å². The predicted octanol–water partition coefficient (Wildman–Crippen LogP) is 4.42. The van der Waals surface area contributed by atoms with Gasteiger partial charge in [0.15, 0.2) is 0 Å². The molecule has 1 atom stereocenters. The molecule has 1 aliphatic carbocycles. The fourth-order valence-corrected chi connectivity index (χ4v) is 5.40. The lowest BCUT2D eigenvalue weighted by Gasteiger charge is -2.35. The second-order valence-corrected chi connectivity index (χ2v) is 10.3. The van der Waals surface area contributed by atoms with Gasteiger partial charge in [-0.05, 0) is 44.1 Å². The molecule has 0 bridgehead atoms. The van der Waals surface area contributed by atoms with Crippen LogP contribution < -0.4 is 15.4 Å². The summed E-state index contributed by atoms with van der Waals surface area (Å²) in [5.41, 5.74) is -0.0527. The van der Waals surface area contributed by atoms with Gasteiger partial charge in [0.05, 0.1) is 4.92 Å². The van der Waals surface area contributed by atoms with Crippen LogP contribution in [0.5, 0.6) is 5.75 Å². The van der Waals surface area contributed by atoms with Gasteiger partial charge in [-0.3, -0.25) is 19.8 Å². The van der Waals surface area contributed by atoms with Gasteiger partial charge >= 0.3 is 12.0 Å². The highest BCUT2D eigenvalue weighted by Gasteiger charge is 2.34. The van der Waals surface area contributed by atoms with E-state index in [9.17, 15) is 28.1 Å². The third-order valence-corrected chi connectivity index (χ3v) is 7.73. The number of alkyl halides is 3. The number of hydrogen-bond acceptors (Lipinski definition) is 9. The molecule has 2 aromatic rings. The van der Waals surface area contributed by atoms with Crippen LogP contribution in [0.4, 0.5) is 30.6 Å². The number of aromatic nitrogens is 2. The molecule has 1 unspecified atom stereocenters. The van der Waals surface area contributed by atoms with E-state index in [1.165, 1.54) is 18.2 Å². The zero-order chi connectivity index (χ0) is 28.9. The summed E-state index contributed by atoms with van der Waals surface area (Å²) in [6.45, 7) is 3.88. The van der Waals surface area contributed by atoms with Crippen molar-refractivity contribution in [2.24, 2.45) is 5.92 Å². The maximum absolute atomic E-state index is 12.7. The minimum atomic E-state index is -4.83. The quantitative estimate of drug-likeness (QED) is 0.318. The van der Waals surface area contributed by atoms with E-state index in [0.717, 1.165) is 51.4 Å². The lowest BCUT2D eigenvalue weighted by atomic mass is 9.85. The van der Waals surface area contributed by atoms with E-state index < -0.39 is 11.3 Å². The van der Waals surface area contributed by atoms with Crippen molar-refractivity contribution in [1.82, 2.24) is 19.8 Å². The fourth-order valence-electron chi connectivity index (χ4n) is 5.40. The van der Waals surface area contributed by atoms with Gasteiger partial charge in [-0.15, -0.1) is 13.2 Å². The zero-order valence-corrected chi connectivity index (χ0v) is 22.5. The number of nitro groups is 1. The molecule has 2 heterocycles. The Morgan fingerprint density at radius 2 is 1.93 bits per heavy atom. The first-order valence-electron chi connectivity index (χ1n) is 13.3. The molecular formula is C26H34F3N7O4. The molecule has 0 spiro atoms. The Morgan fingerprint density at radius 3 is 2.60 bits per heavy atom. The van der Waals surface area contributed by atoms with Crippen LogP contribution in [0.25, 0.3) is 0 Å². The molecule has 218 valence electrons. The number of amides is 1. The van der Waals surface area contributed by atoms with Crippen LogP contribution in [0, 0.1) is 16.0 Å². The lowest BCUT2D eigenvalue weighted by Crippen LogP contribution is -2.41. The van der Waals surface area contributed by atoms with Gasteiger partial charge in [0.1, 0.15) is 11.9 Å². The fraction of sp³-hybridized carbons (Fsp3) is 0.577. The van der Waals surface area contributed by atoms with E-state index in [1.807, 2.05) is 11.9 Å². The number of hydrogen-bond donors (Lipinski definition) is 2. The molecular weight excluding hydrogens is 531 g/mol. The van der Waals surface area contributed by atoms with E-state index in [-0.39, 0.29) is 47.3 Å². The van der Waals surface area contributed by atoms with Gasteiger partial charge in [-0.2, -0.15) is 4.98 Å². The maximum atomic E-state index is 12.7. The molecule has 2 aliphatic rings. The average molecular weight is 566 g/mol. The Kier molecular flexibility index (Phi) is 9.28. The van der Waals surface area contributed by atoms with E-state index in [2.05, 4.69) is 30.2 Å². The molecule has 0 radical (unpaired) electrons. The number of anilines is 2. The van der Waals surface area contributed by atoms with Crippen molar-refractivity contribution in [1.29, 1.82) is 0 Å². The largest absolute Gasteiger partial charge is 0.573 e. The van der Waals surface area contributed by atoms with Gasteiger partial charge in [0, 0.05) is 57.8 Å². The second kappa shape index (κ2) is 12.7. The first kappa shape index (κ1) is 29.3. The van der Waals surface area contributed by atoms with Crippen molar-refractivity contribution in [3.63, 3.8) is 0 Å². The number of nitrogens with zero attached hydrogens (tertiary/aromatic N) is 5. The average Bonchev–Trinajstić information content (AvgIpc) is 3.40. The second-order valence-electron chi connectivity index (χ2n) is 10.3. The summed E-state index contributed by atoms with van der Waals surface area (Å²) < 4.78 is 42.2. The minimum Gasteiger partial charge on any atom is -0.405 e. The SMILES string of the molecule is CC(=O)N(C)C1CCN([C@H]2CC[C@H](CNc3nc(NCc4ccccc4OC(F)(F)F)ncc3[N+](=O)[O-])CC2)C1. The number of likely N-dealkylation sites (tertiary alicyclic amines) is 1. The van der Waals surface area contributed by atoms with Gasteiger partial charge in [0.25, 0.3) is 0 Å². The van der Waals surface area contributed by atoms with Gasteiger partial charge in [0.2, 0.25) is 17.7 Å². The molecule has 1 saturated heterocycles. The highest BCUT2D eigenvalue weighted by molar-refractivity contribution is 5.73. The van der Waals surface area contributed by atoms with Crippen LogP contribution in [0.15, 0.2) is 30.5 Å². The van der Waals surface area contributed by atoms with Crippen LogP contribution in [0.2, 0.25) is 0 Å². The number of para-hydroxylation sites is 1. The number of benzene rings is 1. The number of nitrogens with one attached hydrogen (secondary N) is 2. The van der Waals surface area contributed by atoms with Crippen LogP contribution in [0.3, 0.4) is 0 Å². The summed E-state index contributed by atoms with van der Waals surface area (Å²) in [6.07, 6.45) is 1.17. The summed E-state index contributed by atoms with van der Waals surface area (Å²) in [7, 11) is 1.85. The summed E-state index contributed by atoms with van der Waals surface area (Å²) in [5.74, 6) is 0.136. The van der Waals surface area contributed by atoms with E-state index in [1.54, 1.807) is 13.0 Å². The van der Waals surface area contributed by atoms with Crippen LogP contribution >= 0.6 is 0 Å². The normalized spacial score (nSPS) is 21.6. The lowest BCUT2D eigenvalue weighted by molar-refractivity contribution is -0.384. The Bertz CT molecular complexity index is 1190. The molecule has 1 amide bonds. The summed E-state index contributed by atoms with van der Waals surface area (Å²) in [5, 5.41) is 17.5.